The summed E-state index contributed by atoms with van der Waals surface area (Å²) in [5.41, 5.74) is 0.0397. The molecule has 6 heteroatoms. The minimum atomic E-state index is -0.705. The molecular formula is C17H22N2O3S. The van der Waals surface area contributed by atoms with E-state index in [1.165, 1.54) is 11.3 Å². The van der Waals surface area contributed by atoms with Gasteiger partial charge < -0.3 is 14.4 Å². The lowest BCUT2D eigenvalue weighted by Gasteiger charge is -2.28. The van der Waals surface area contributed by atoms with Gasteiger partial charge in [0.05, 0.1) is 17.7 Å². The van der Waals surface area contributed by atoms with E-state index in [1.807, 2.05) is 24.4 Å². The molecule has 5 nitrogen and oxygen atoms in total. The first-order valence-electron chi connectivity index (χ1n) is 7.93. The van der Waals surface area contributed by atoms with Crippen molar-refractivity contribution in [2.75, 3.05) is 13.6 Å². The highest BCUT2D eigenvalue weighted by molar-refractivity contribution is 7.13. The number of hydrogen-bond acceptors (Lipinski definition) is 5. The van der Waals surface area contributed by atoms with Gasteiger partial charge in [-0.2, -0.15) is 0 Å². The minimum absolute atomic E-state index is 0.0159. The Labute approximate surface area is 140 Å². The van der Waals surface area contributed by atoms with Gasteiger partial charge in [-0.3, -0.25) is 4.79 Å². The molecule has 0 aliphatic heterocycles. The van der Waals surface area contributed by atoms with Gasteiger partial charge in [0.15, 0.2) is 10.8 Å². The van der Waals surface area contributed by atoms with E-state index in [0.29, 0.717) is 6.54 Å². The van der Waals surface area contributed by atoms with E-state index in [2.05, 4.69) is 4.98 Å². The second kappa shape index (κ2) is 6.45. The minimum Gasteiger partial charge on any atom is -0.459 e. The summed E-state index contributed by atoms with van der Waals surface area (Å²) in [5.74, 6) is 1.56. The van der Waals surface area contributed by atoms with E-state index in [9.17, 15) is 9.90 Å². The summed E-state index contributed by atoms with van der Waals surface area (Å²) in [6.45, 7) is 2.30. The van der Waals surface area contributed by atoms with Gasteiger partial charge >= 0.3 is 0 Å². The molecule has 0 unspecified atom stereocenters. The maximum absolute atomic E-state index is 12.3. The number of rotatable bonds is 5. The van der Waals surface area contributed by atoms with Gasteiger partial charge in [-0.15, -0.1) is 11.3 Å². The molecule has 0 aromatic carbocycles. The molecule has 1 saturated carbocycles. The van der Waals surface area contributed by atoms with E-state index in [4.69, 9.17) is 4.42 Å². The normalized spacial score (nSPS) is 16.7. The van der Waals surface area contributed by atoms with Gasteiger partial charge in [-0.05, 0) is 31.9 Å². The van der Waals surface area contributed by atoms with Crippen LogP contribution in [0.15, 0.2) is 21.9 Å². The van der Waals surface area contributed by atoms with E-state index < -0.39 is 5.60 Å². The van der Waals surface area contributed by atoms with Gasteiger partial charge in [0.1, 0.15) is 5.76 Å². The number of thiazole rings is 1. The molecule has 0 radical (unpaired) electrons. The van der Waals surface area contributed by atoms with Crippen LogP contribution < -0.4 is 0 Å². The summed E-state index contributed by atoms with van der Waals surface area (Å²) in [4.78, 5) is 18.5. The Kier molecular flexibility index (Phi) is 4.55. The lowest BCUT2D eigenvalue weighted by molar-refractivity contribution is -0.132. The molecule has 1 fully saturated rings. The number of hydrogen-bond donors (Lipinski definition) is 1. The van der Waals surface area contributed by atoms with E-state index >= 15 is 0 Å². The first-order valence-corrected chi connectivity index (χ1v) is 8.81. The summed E-state index contributed by atoms with van der Waals surface area (Å²) in [6, 6.07) is 3.79. The first kappa shape index (κ1) is 16.2. The number of aliphatic hydroxyl groups is 1. The molecule has 0 bridgehead atoms. The number of amides is 1. The molecule has 0 atom stereocenters. The Bertz CT molecular complexity index is 686. The van der Waals surface area contributed by atoms with Crippen LogP contribution in [0.4, 0.5) is 0 Å². The summed E-state index contributed by atoms with van der Waals surface area (Å²) < 4.78 is 5.56. The fraction of sp³-hybridized carbons (Fsp3) is 0.529. The molecule has 2 aromatic rings. The Morgan fingerprint density at radius 1 is 1.43 bits per heavy atom. The molecular weight excluding hydrogens is 312 g/mol. The zero-order valence-electron chi connectivity index (χ0n) is 13.5. The van der Waals surface area contributed by atoms with Crippen molar-refractivity contribution in [2.24, 2.45) is 0 Å². The molecule has 124 valence electrons. The Balaban J connectivity index is 1.60. The van der Waals surface area contributed by atoms with Crippen LogP contribution in [-0.2, 0) is 11.2 Å². The molecule has 0 spiro atoms. The van der Waals surface area contributed by atoms with Crippen molar-refractivity contribution in [1.29, 1.82) is 0 Å². The van der Waals surface area contributed by atoms with Crippen LogP contribution in [0.1, 0.15) is 37.1 Å². The lowest BCUT2D eigenvalue weighted by atomic mass is 10.0. The summed E-state index contributed by atoms with van der Waals surface area (Å²) in [6.07, 6.45) is 3.89. The van der Waals surface area contributed by atoms with Gasteiger partial charge in [0, 0.05) is 19.0 Å². The second-order valence-electron chi connectivity index (χ2n) is 6.41. The fourth-order valence-electron chi connectivity index (χ4n) is 3.06. The largest absolute Gasteiger partial charge is 0.459 e. The molecule has 1 amide bonds. The maximum Gasteiger partial charge on any atom is 0.228 e. The Morgan fingerprint density at radius 3 is 2.83 bits per heavy atom. The van der Waals surface area contributed by atoms with Crippen molar-refractivity contribution in [3.8, 4) is 10.8 Å². The molecule has 1 N–H and O–H groups in total. The number of aromatic nitrogens is 1. The first-order chi connectivity index (χ1) is 11.0. The molecule has 3 rings (SSSR count). The highest BCUT2D eigenvalue weighted by atomic mass is 32.1. The summed E-state index contributed by atoms with van der Waals surface area (Å²) in [7, 11) is 1.75. The van der Waals surface area contributed by atoms with Crippen molar-refractivity contribution >= 4 is 17.2 Å². The topological polar surface area (TPSA) is 66.6 Å². The third kappa shape index (κ3) is 3.82. The van der Waals surface area contributed by atoms with Gasteiger partial charge in [0.25, 0.3) is 0 Å². The number of nitrogens with zero attached hydrogens (tertiary/aromatic N) is 2. The van der Waals surface area contributed by atoms with E-state index in [-0.39, 0.29) is 12.3 Å². The lowest BCUT2D eigenvalue weighted by Crippen LogP contribution is -2.42. The van der Waals surface area contributed by atoms with E-state index in [1.54, 1.807) is 11.9 Å². The number of furan rings is 1. The van der Waals surface area contributed by atoms with Crippen molar-refractivity contribution in [3.63, 3.8) is 0 Å². The molecule has 2 aromatic heterocycles. The standard InChI is InChI=1S/C17H22N2O3S/c1-12-5-6-14(22-12)16-18-13(10-23-16)9-15(20)19(2)11-17(21)7-3-4-8-17/h5-6,10,21H,3-4,7-9,11H2,1-2H3. The van der Waals surface area contributed by atoms with Crippen LogP contribution in [-0.4, -0.2) is 40.1 Å². The maximum atomic E-state index is 12.3. The highest BCUT2D eigenvalue weighted by Crippen LogP contribution is 2.30. The molecule has 23 heavy (non-hydrogen) atoms. The average molecular weight is 334 g/mol. The van der Waals surface area contributed by atoms with Crippen LogP contribution in [0, 0.1) is 6.92 Å². The third-order valence-corrected chi connectivity index (χ3v) is 5.23. The molecule has 0 saturated heterocycles. The SMILES string of the molecule is Cc1ccc(-c2nc(CC(=O)N(C)CC3(O)CCCC3)cs2)o1. The van der Waals surface area contributed by atoms with E-state index in [0.717, 1.165) is 47.9 Å². The average Bonchev–Trinajstić information content (AvgIpc) is 3.20. The van der Waals surface area contributed by atoms with Gasteiger partial charge in [-0.1, -0.05) is 12.8 Å². The Hall–Kier alpha value is -1.66. The van der Waals surface area contributed by atoms with Crippen LogP contribution >= 0.6 is 11.3 Å². The van der Waals surface area contributed by atoms with Crippen molar-refractivity contribution < 1.29 is 14.3 Å². The smallest absolute Gasteiger partial charge is 0.228 e. The highest BCUT2D eigenvalue weighted by Gasteiger charge is 2.33. The zero-order valence-corrected chi connectivity index (χ0v) is 14.4. The van der Waals surface area contributed by atoms with Gasteiger partial charge in [-0.25, -0.2) is 4.98 Å². The van der Waals surface area contributed by atoms with Crippen LogP contribution in [0.25, 0.3) is 10.8 Å². The summed E-state index contributed by atoms with van der Waals surface area (Å²) >= 11 is 1.48. The summed E-state index contributed by atoms with van der Waals surface area (Å²) in [5, 5.41) is 13.1. The van der Waals surface area contributed by atoms with Crippen molar-refractivity contribution in [3.05, 3.63) is 29.0 Å². The fourth-order valence-corrected chi connectivity index (χ4v) is 3.84. The second-order valence-corrected chi connectivity index (χ2v) is 7.27. The number of carbonyl (C=O) groups excluding carboxylic acids is 1. The van der Waals surface area contributed by atoms with Crippen LogP contribution in [0.5, 0.6) is 0 Å². The monoisotopic (exact) mass is 334 g/mol. The predicted molar refractivity (Wildman–Crippen MR) is 89.3 cm³/mol. The number of aryl methyl sites for hydroxylation is 1. The van der Waals surface area contributed by atoms with Crippen LogP contribution in [0.3, 0.4) is 0 Å². The quantitative estimate of drug-likeness (QED) is 0.913. The number of likely N-dealkylation sites (N-methyl/N-ethyl adjacent to an activating group) is 1. The third-order valence-electron chi connectivity index (χ3n) is 4.33. The van der Waals surface area contributed by atoms with Crippen molar-refractivity contribution in [1.82, 2.24) is 9.88 Å². The molecule has 1 aliphatic carbocycles. The predicted octanol–water partition coefficient (Wildman–Crippen LogP) is 3.02. The Morgan fingerprint density at radius 2 is 2.17 bits per heavy atom. The van der Waals surface area contributed by atoms with Crippen LogP contribution in [0.2, 0.25) is 0 Å². The zero-order chi connectivity index (χ0) is 16.4. The van der Waals surface area contributed by atoms with Crippen molar-refractivity contribution in [2.45, 2.75) is 44.6 Å². The van der Waals surface area contributed by atoms with Gasteiger partial charge in [0.2, 0.25) is 5.91 Å². The molecule has 2 heterocycles. The number of carbonyl (C=O) groups is 1. The molecule has 1 aliphatic rings.